The third-order valence-corrected chi connectivity index (χ3v) is 2.83. The third-order valence-electron chi connectivity index (χ3n) is 1.81. The number of nitrogens with zero attached hydrogens (tertiary/aromatic N) is 1. The van der Waals surface area contributed by atoms with Crippen molar-refractivity contribution in [3.63, 3.8) is 0 Å². The van der Waals surface area contributed by atoms with E-state index in [1.807, 2.05) is 0 Å². The number of halogens is 1. The summed E-state index contributed by atoms with van der Waals surface area (Å²) in [5.74, 6) is -0.286. The lowest BCUT2D eigenvalue weighted by Crippen LogP contribution is -1.80. The lowest BCUT2D eigenvalue weighted by Gasteiger charge is -1.96. The second-order valence-electron chi connectivity index (χ2n) is 2.77. The smallest absolute Gasteiger partial charge is 0.133 e. The summed E-state index contributed by atoms with van der Waals surface area (Å²) in [6.45, 7) is -0.0495. The Morgan fingerprint density at radius 3 is 2.79 bits per heavy atom. The normalized spacial score (nSPS) is 10.4. The van der Waals surface area contributed by atoms with Crippen LogP contribution >= 0.6 is 11.3 Å². The molecule has 1 aromatic heterocycles. The molecule has 0 aliphatic heterocycles. The highest BCUT2D eigenvalue weighted by Crippen LogP contribution is 2.26. The molecule has 0 saturated heterocycles. The largest absolute Gasteiger partial charge is 0.391 e. The SMILES string of the molecule is OCc1cnc(-c2ccccc2F)s1. The van der Waals surface area contributed by atoms with Crippen LogP contribution < -0.4 is 0 Å². The van der Waals surface area contributed by atoms with E-state index in [1.165, 1.54) is 17.4 Å². The summed E-state index contributed by atoms with van der Waals surface area (Å²) in [7, 11) is 0. The zero-order valence-corrected chi connectivity index (χ0v) is 8.09. The Hall–Kier alpha value is -1.26. The Balaban J connectivity index is 2.44. The lowest BCUT2D eigenvalue weighted by atomic mass is 10.2. The number of hydrogen-bond acceptors (Lipinski definition) is 3. The van der Waals surface area contributed by atoms with Crippen molar-refractivity contribution in [2.24, 2.45) is 0 Å². The van der Waals surface area contributed by atoms with Gasteiger partial charge in [-0.05, 0) is 12.1 Å². The maximum absolute atomic E-state index is 13.3. The lowest BCUT2D eigenvalue weighted by molar-refractivity contribution is 0.285. The third kappa shape index (κ3) is 1.66. The van der Waals surface area contributed by atoms with Crippen LogP contribution in [-0.4, -0.2) is 10.1 Å². The van der Waals surface area contributed by atoms with Crippen molar-refractivity contribution in [2.45, 2.75) is 6.61 Å². The number of aliphatic hydroxyl groups excluding tert-OH is 1. The van der Waals surface area contributed by atoms with Crippen LogP contribution in [-0.2, 0) is 6.61 Å². The van der Waals surface area contributed by atoms with Crippen LogP contribution in [0.25, 0.3) is 10.6 Å². The Bertz CT molecular complexity index is 441. The minimum atomic E-state index is -0.286. The molecule has 0 amide bonds. The van der Waals surface area contributed by atoms with E-state index in [9.17, 15) is 4.39 Å². The second kappa shape index (κ2) is 3.86. The average molecular weight is 209 g/mol. The molecule has 2 rings (SSSR count). The molecule has 0 aliphatic carbocycles. The number of aliphatic hydroxyl groups is 1. The highest BCUT2D eigenvalue weighted by Gasteiger charge is 2.07. The van der Waals surface area contributed by atoms with Crippen molar-refractivity contribution < 1.29 is 9.50 Å². The highest BCUT2D eigenvalue weighted by atomic mass is 32.1. The van der Waals surface area contributed by atoms with Gasteiger partial charge < -0.3 is 5.11 Å². The van der Waals surface area contributed by atoms with E-state index in [0.717, 1.165) is 4.88 Å². The van der Waals surface area contributed by atoms with Gasteiger partial charge >= 0.3 is 0 Å². The van der Waals surface area contributed by atoms with Crippen LogP contribution in [0.4, 0.5) is 4.39 Å². The fourth-order valence-corrected chi connectivity index (χ4v) is 1.94. The van der Waals surface area contributed by atoms with Gasteiger partial charge in [-0.15, -0.1) is 11.3 Å². The molecule has 1 aromatic carbocycles. The van der Waals surface area contributed by atoms with Gasteiger partial charge in [-0.2, -0.15) is 0 Å². The van der Waals surface area contributed by atoms with Gasteiger partial charge in [0.05, 0.1) is 11.5 Å². The number of rotatable bonds is 2. The monoisotopic (exact) mass is 209 g/mol. The molecule has 0 saturated carbocycles. The van der Waals surface area contributed by atoms with Crippen LogP contribution in [0.15, 0.2) is 30.5 Å². The van der Waals surface area contributed by atoms with Crippen LogP contribution in [0.5, 0.6) is 0 Å². The molecule has 14 heavy (non-hydrogen) atoms. The zero-order valence-electron chi connectivity index (χ0n) is 7.27. The minimum absolute atomic E-state index is 0.0495. The van der Waals surface area contributed by atoms with E-state index in [2.05, 4.69) is 4.98 Å². The van der Waals surface area contributed by atoms with Gasteiger partial charge in [-0.3, -0.25) is 0 Å². The van der Waals surface area contributed by atoms with E-state index < -0.39 is 0 Å². The van der Waals surface area contributed by atoms with Gasteiger partial charge in [0.25, 0.3) is 0 Å². The van der Waals surface area contributed by atoms with Crippen molar-refractivity contribution in [1.29, 1.82) is 0 Å². The van der Waals surface area contributed by atoms with Gasteiger partial charge in [-0.25, -0.2) is 9.37 Å². The summed E-state index contributed by atoms with van der Waals surface area (Å²) in [4.78, 5) is 4.78. The number of thiazole rings is 1. The number of benzene rings is 1. The average Bonchev–Trinajstić information content (AvgIpc) is 2.67. The standard InChI is InChI=1S/C10H8FNOS/c11-9-4-2-1-3-8(9)10-12-5-7(6-13)14-10/h1-5,13H,6H2. The fourth-order valence-electron chi connectivity index (χ4n) is 1.14. The first-order chi connectivity index (χ1) is 6.81. The van der Waals surface area contributed by atoms with Gasteiger partial charge in [-0.1, -0.05) is 12.1 Å². The molecule has 0 aliphatic rings. The van der Waals surface area contributed by atoms with E-state index in [4.69, 9.17) is 5.11 Å². The van der Waals surface area contributed by atoms with Crippen molar-refractivity contribution in [3.8, 4) is 10.6 Å². The van der Waals surface area contributed by atoms with E-state index in [-0.39, 0.29) is 12.4 Å². The van der Waals surface area contributed by atoms with Crippen LogP contribution in [0.2, 0.25) is 0 Å². The molecule has 0 spiro atoms. The first-order valence-electron chi connectivity index (χ1n) is 4.11. The van der Waals surface area contributed by atoms with Crippen molar-refractivity contribution in [2.75, 3.05) is 0 Å². The maximum Gasteiger partial charge on any atom is 0.133 e. The highest BCUT2D eigenvalue weighted by molar-refractivity contribution is 7.15. The first kappa shape index (κ1) is 9.30. The number of aromatic nitrogens is 1. The van der Waals surface area contributed by atoms with Crippen LogP contribution in [0.1, 0.15) is 4.88 Å². The molecule has 0 atom stereocenters. The minimum Gasteiger partial charge on any atom is -0.391 e. The Morgan fingerprint density at radius 2 is 2.14 bits per heavy atom. The summed E-state index contributed by atoms with van der Waals surface area (Å²) in [5.41, 5.74) is 0.484. The second-order valence-corrected chi connectivity index (χ2v) is 3.88. The Morgan fingerprint density at radius 1 is 1.36 bits per heavy atom. The summed E-state index contributed by atoms with van der Waals surface area (Å²) in [5, 5.41) is 9.45. The van der Waals surface area contributed by atoms with Crippen molar-refractivity contribution >= 4 is 11.3 Å². The van der Waals surface area contributed by atoms with Gasteiger partial charge in [0, 0.05) is 11.8 Å². The summed E-state index contributed by atoms with van der Waals surface area (Å²) >= 11 is 1.30. The molecule has 0 radical (unpaired) electrons. The maximum atomic E-state index is 13.3. The van der Waals surface area contributed by atoms with Crippen molar-refractivity contribution in [1.82, 2.24) is 4.98 Å². The first-order valence-corrected chi connectivity index (χ1v) is 4.93. The topological polar surface area (TPSA) is 33.1 Å². The molecule has 2 nitrogen and oxygen atoms in total. The zero-order chi connectivity index (χ0) is 9.97. The quantitative estimate of drug-likeness (QED) is 0.824. The molecule has 1 N–H and O–H groups in total. The molecule has 0 fully saturated rings. The fraction of sp³-hybridized carbons (Fsp3) is 0.100. The van der Waals surface area contributed by atoms with Crippen LogP contribution in [0.3, 0.4) is 0 Å². The molecule has 4 heteroatoms. The van der Waals surface area contributed by atoms with Gasteiger partial charge in [0.1, 0.15) is 10.8 Å². The predicted octanol–water partition coefficient (Wildman–Crippen LogP) is 2.44. The Kier molecular flexibility index (Phi) is 2.56. The summed E-state index contributed by atoms with van der Waals surface area (Å²) in [6.07, 6.45) is 1.56. The summed E-state index contributed by atoms with van der Waals surface area (Å²) < 4.78 is 13.3. The molecular formula is C10H8FNOS. The van der Waals surface area contributed by atoms with Gasteiger partial charge in [0.15, 0.2) is 0 Å². The predicted molar refractivity (Wildman–Crippen MR) is 53.4 cm³/mol. The molecule has 0 bridgehead atoms. The van der Waals surface area contributed by atoms with Crippen LogP contribution in [0, 0.1) is 5.82 Å². The Labute approximate surface area is 84.7 Å². The summed E-state index contributed by atoms with van der Waals surface area (Å²) in [6, 6.07) is 6.47. The van der Waals surface area contributed by atoms with E-state index in [1.54, 1.807) is 24.4 Å². The molecule has 0 unspecified atom stereocenters. The molecular weight excluding hydrogens is 201 g/mol. The number of hydrogen-bond donors (Lipinski definition) is 1. The van der Waals surface area contributed by atoms with E-state index in [0.29, 0.717) is 10.6 Å². The molecule has 2 aromatic rings. The van der Waals surface area contributed by atoms with E-state index >= 15 is 0 Å². The van der Waals surface area contributed by atoms with Gasteiger partial charge in [0.2, 0.25) is 0 Å². The molecule has 1 heterocycles. The molecule has 72 valence electrons. The van der Waals surface area contributed by atoms with Crippen molar-refractivity contribution in [3.05, 3.63) is 41.2 Å².